The summed E-state index contributed by atoms with van der Waals surface area (Å²) in [4.78, 5) is 27.6. The molecule has 1 aliphatic carbocycles. The molecule has 2 aromatic carbocycles. The van der Waals surface area contributed by atoms with Crippen LogP contribution in [0.25, 0.3) is 0 Å². The van der Waals surface area contributed by atoms with Gasteiger partial charge in [-0.3, -0.25) is 14.5 Å². The van der Waals surface area contributed by atoms with E-state index in [1.165, 1.54) is 12.1 Å². The molecule has 5 heteroatoms. The monoisotopic (exact) mass is 383 g/mol. The van der Waals surface area contributed by atoms with Gasteiger partial charge in [-0.2, -0.15) is 0 Å². The predicted molar refractivity (Wildman–Crippen MR) is 103 cm³/mol. The first kappa shape index (κ1) is 17.9. The average Bonchev–Trinajstić information content (AvgIpc) is 2.63. The lowest BCUT2D eigenvalue weighted by Gasteiger charge is -2.39. The van der Waals surface area contributed by atoms with E-state index in [0.29, 0.717) is 30.5 Å². The first-order valence-corrected chi connectivity index (χ1v) is 9.45. The normalized spacial score (nSPS) is 20.1. The van der Waals surface area contributed by atoms with Crippen LogP contribution >= 0.6 is 11.6 Å². The molecule has 0 saturated carbocycles. The molecule has 1 aliphatic heterocycles. The highest BCUT2D eigenvalue weighted by Gasteiger charge is 2.41. The number of hydrogen-bond acceptors (Lipinski definition) is 2. The Morgan fingerprint density at radius 2 is 1.85 bits per heavy atom. The number of allylic oxidation sites excluding steroid dienone is 2. The Labute approximate surface area is 162 Å². The molecule has 1 atom stereocenters. The van der Waals surface area contributed by atoms with Crippen molar-refractivity contribution in [1.29, 1.82) is 0 Å². The van der Waals surface area contributed by atoms with E-state index < -0.39 is 11.7 Å². The van der Waals surface area contributed by atoms with Crippen LogP contribution in [0.1, 0.15) is 42.7 Å². The van der Waals surface area contributed by atoms with Crippen LogP contribution in [0.2, 0.25) is 5.02 Å². The van der Waals surface area contributed by atoms with Gasteiger partial charge >= 0.3 is 0 Å². The molecule has 1 unspecified atom stereocenters. The molecule has 0 aromatic heterocycles. The molecule has 0 saturated heterocycles. The lowest BCUT2D eigenvalue weighted by molar-refractivity contribution is -0.119. The molecule has 0 fully saturated rings. The number of aryl methyl sites for hydroxylation is 1. The fraction of sp³-hybridized carbons (Fsp3) is 0.273. The highest BCUT2D eigenvalue weighted by Crippen LogP contribution is 2.46. The third-order valence-electron chi connectivity index (χ3n) is 5.38. The van der Waals surface area contributed by atoms with E-state index in [-0.39, 0.29) is 28.7 Å². The highest BCUT2D eigenvalue weighted by atomic mass is 35.5. The van der Waals surface area contributed by atoms with Crippen LogP contribution in [0.4, 0.5) is 10.1 Å². The summed E-state index contributed by atoms with van der Waals surface area (Å²) in [7, 11) is 0. The van der Waals surface area contributed by atoms with Gasteiger partial charge in [0.2, 0.25) is 5.91 Å². The maximum absolute atomic E-state index is 14.6. The quantitative estimate of drug-likeness (QED) is 0.704. The van der Waals surface area contributed by atoms with Crippen molar-refractivity contribution in [1.82, 2.24) is 0 Å². The van der Waals surface area contributed by atoms with E-state index in [4.69, 9.17) is 11.6 Å². The number of hydrogen-bond donors (Lipinski definition) is 0. The minimum Gasteiger partial charge on any atom is -0.294 e. The molecule has 0 spiro atoms. The van der Waals surface area contributed by atoms with E-state index in [0.717, 1.165) is 11.3 Å². The van der Waals surface area contributed by atoms with Gasteiger partial charge in [0.15, 0.2) is 5.78 Å². The Morgan fingerprint density at radius 3 is 2.59 bits per heavy atom. The largest absolute Gasteiger partial charge is 0.294 e. The molecule has 27 heavy (non-hydrogen) atoms. The molecule has 1 heterocycles. The van der Waals surface area contributed by atoms with Gasteiger partial charge in [-0.25, -0.2) is 4.39 Å². The Balaban J connectivity index is 1.93. The predicted octanol–water partition coefficient (Wildman–Crippen LogP) is 5.32. The summed E-state index contributed by atoms with van der Waals surface area (Å²) in [5.74, 6) is -1.27. The van der Waals surface area contributed by atoms with Crippen LogP contribution < -0.4 is 4.90 Å². The summed E-state index contributed by atoms with van der Waals surface area (Å²) in [6.07, 6.45) is 1.74. The van der Waals surface area contributed by atoms with Crippen molar-refractivity contribution in [3.8, 4) is 0 Å². The first-order valence-electron chi connectivity index (χ1n) is 9.07. The molecule has 3 nitrogen and oxygen atoms in total. The molecule has 0 radical (unpaired) electrons. The molecule has 138 valence electrons. The van der Waals surface area contributed by atoms with E-state index in [9.17, 15) is 14.0 Å². The van der Waals surface area contributed by atoms with Gasteiger partial charge in [0.1, 0.15) is 5.82 Å². The average molecular weight is 384 g/mol. The Morgan fingerprint density at radius 1 is 1.07 bits per heavy atom. The second kappa shape index (κ2) is 6.93. The number of amides is 1. The van der Waals surface area contributed by atoms with Crippen molar-refractivity contribution in [2.75, 3.05) is 4.90 Å². The molecule has 2 aromatic rings. The molecule has 0 bridgehead atoms. The summed E-state index contributed by atoms with van der Waals surface area (Å²) in [6.45, 7) is 1.94. The van der Waals surface area contributed by atoms with E-state index >= 15 is 0 Å². The highest BCUT2D eigenvalue weighted by molar-refractivity contribution is 6.31. The summed E-state index contributed by atoms with van der Waals surface area (Å²) in [6, 6.07) is 12.1. The molecular weight excluding hydrogens is 365 g/mol. The van der Waals surface area contributed by atoms with Gasteiger partial charge in [0, 0.05) is 40.6 Å². The van der Waals surface area contributed by atoms with Crippen LogP contribution in [0.3, 0.4) is 0 Å². The molecule has 2 aliphatic rings. The Kier molecular flexibility index (Phi) is 4.60. The van der Waals surface area contributed by atoms with Crippen molar-refractivity contribution >= 4 is 29.0 Å². The van der Waals surface area contributed by atoms with Crippen molar-refractivity contribution in [3.05, 3.63) is 75.7 Å². The lowest BCUT2D eigenvalue weighted by Crippen LogP contribution is -2.41. The number of benzene rings is 2. The summed E-state index contributed by atoms with van der Waals surface area (Å²) in [5.41, 5.74) is 3.22. The zero-order valence-electron chi connectivity index (χ0n) is 15.0. The number of para-hydroxylation sites is 1. The Bertz CT molecular complexity index is 962. The van der Waals surface area contributed by atoms with Gasteiger partial charge in [0.05, 0.1) is 5.69 Å². The van der Waals surface area contributed by atoms with Crippen LogP contribution in [0.15, 0.2) is 53.7 Å². The van der Waals surface area contributed by atoms with Gasteiger partial charge in [0.25, 0.3) is 0 Å². The number of ketones is 1. The maximum atomic E-state index is 14.6. The summed E-state index contributed by atoms with van der Waals surface area (Å²) in [5, 5.41) is 0.252. The maximum Gasteiger partial charge on any atom is 0.232 e. The van der Waals surface area contributed by atoms with Gasteiger partial charge in [-0.05, 0) is 43.5 Å². The van der Waals surface area contributed by atoms with Gasteiger partial charge in [-0.1, -0.05) is 35.9 Å². The number of halogens is 2. The van der Waals surface area contributed by atoms with Crippen LogP contribution in [0.5, 0.6) is 0 Å². The third-order valence-corrected chi connectivity index (χ3v) is 5.71. The van der Waals surface area contributed by atoms with E-state index in [2.05, 4.69) is 0 Å². The SMILES string of the molecule is Cc1ccccc1N1C(=O)CC(c2c(F)cccc2Cl)C2=C1CCCC2=O. The minimum atomic E-state index is -0.630. The number of rotatable bonds is 2. The standard InChI is InChI=1S/C22H19ClFNO2/c1-13-6-2-3-9-17(13)25-18-10-5-11-19(26)22(18)14(12-20(25)27)21-15(23)7-4-8-16(21)24/h2-4,6-9,14H,5,10-12H2,1H3. The van der Waals surface area contributed by atoms with Crippen LogP contribution in [-0.4, -0.2) is 11.7 Å². The molecule has 0 N–H and O–H groups in total. The zero-order valence-corrected chi connectivity index (χ0v) is 15.7. The second-order valence-electron chi connectivity index (χ2n) is 7.04. The van der Waals surface area contributed by atoms with Crippen LogP contribution in [-0.2, 0) is 9.59 Å². The van der Waals surface area contributed by atoms with Crippen molar-refractivity contribution < 1.29 is 14.0 Å². The van der Waals surface area contributed by atoms with Crippen molar-refractivity contribution in [3.63, 3.8) is 0 Å². The minimum absolute atomic E-state index is 0.0216. The summed E-state index contributed by atoms with van der Waals surface area (Å²) < 4.78 is 14.6. The van der Waals surface area contributed by atoms with Gasteiger partial charge in [-0.15, -0.1) is 0 Å². The zero-order chi connectivity index (χ0) is 19.1. The number of carbonyl (C=O) groups is 2. The molecule has 1 amide bonds. The first-order chi connectivity index (χ1) is 13.0. The van der Waals surface area contributed by atoms with Gasteiger partial charge < -0.3 is 0 Å². The fourth-order valence-corrected chi connectivity index (χ4v) is 4.47. The molecule has 4 rings (SSSR count). The Hall–Kier alpha value is -2.46. The fourth-order valence-electron chi connectivity index (χ4n) is 4.18. The van der Waals surface area contributed by atoms with Crippen molar-refractivity contribution in [2.24, 2.45) is 0 Å². The number of carbonyl (C=O) groups excluding carboxylic acids is 2. The second-order valence-corrected chi connectivity index (χ2v) is 7.45. The number of Topliss-reactive ketones (excluding diaryl/α,β-unsaturated/α-hetero) is 1. The number of nitrogens with zero attached hydrogens (tertiary/aromatic N) is 1. The van der Waals surface area contributed by atoms with Crippen molar-refractivity contribution in [2.45, 2.75) is 38.5 Å². The van der Waals surface area contributed by atoms with Crippen LogP contribution in [0, 0.1) is 12.7 Å². The number of anilines is 1. The molecular formula is C22H19ClFNO2. The smallest absolute Gasteiger partial charge is 0.232 e. The topological polar surface area (TPSA) is 37.4 Å². The summed E-state index contributed by atoms with van der Waals surface area (Å²) >= 11 is 6.27. The van der Waals surface area contributed by atoms with E-state index in [1.54, 1.807) is 11.0 Å². The van der Waals surface area contributed by atoms with E-state index in [1.807, 2.05) is 31.2 Å². The third kappa shape index (κ3) is 2.98. The lowest BCUT2D eigenvalue weighted by atomic mass is 9.77.